The van der Waals surface area contributed by atoms with Crippen molar-refractivity contribution in [3.05, 3.63) is 23.8 Å². The number of amides is 1. The smallest absolute Gasteiger partial charge is 0.220 e. The molecule has 6 nitrogen and oxygen atoms in total. The zero-order chi connectivity index (χ0) is 19.2. The Morgan fingerprint density at radius 3 is 2.58 bits per heavy atom. The van der Waals surface area contributed by atoms with Crippen LogP contribution in [0.15, 0.2) is 18.2 Å². The molecule has 26 heavy (non-hydrogen) atoms. The van der Waals surface area contributed by atoms with Crippen molar-refractivity contribution in [1.29, 1.82) is 0 Å². The number of carbonyl (C=O) groups excluding carboxylic acids is 1. The second-order valence-corrected chi connectivity index (χ2v) is 6.43. The zero-order valence-electron chi connectivity index (χ0n) is 16.0. The Kier molecular flexibility index (Phi) is 11.5. The molecule has 0 aliphatic rings. The van der Waals surface area contributed by atoms with Crippen molar-refractivity contribution < 1.29 is 24.5 Å². The molecule has 1 aromatic carbocycles. The number of nitrogens with one attached hydrogen (secondary N) is 1. The normalized spacial score (nSPS) is 11.8. The maximum Gasteiger partial charge on any atom is 0.220 e. The topological polar surface area (TPSA) is 88.0 Å². The van der Waals surface area contributed by atoms with Crippen LogP contribution >= 0.6 is 0 Å². The predicted octanol–water partition coefficient (Wildman–Crippen LogP) is 2.79. The highest BCUT2D eigenvalue weighted by Crippen LogP contribution is 2.28. The van der Waals surface area contributed by atoms with Crippen LogP contribution in [0.5, 0.6) is 11.5 Å². The monoisotopic (exact) mass is 367 g/mol. The van der Waals surface area contributed by atoms with E-state index in [1.807, 2.05) is 6.07 Å². The van der Waals surface area contributed by atoms with E-state index in [0.29, 0.717) is 24.5 Å². The molecule has 0 saturated carbocycles. The Bertz CT molecular complexity index is 521. The molecule has 1 amide bonds. The number of hydrogen-bond acceptors (Lipinski definition) is 5. The van der Waals surface area contributed by atoms with Crippen LogP contribution in [0.3, 0.4) is 0 Å². The minimum absolute atomic E-state index is 0.0127. The third kappa shape index (κ3) is 9.06. The molecule has 0 radical (unpaired) electrons. The van der Waals surface area contributed by atoms with E-state index in [0.717, 1.165) is 18.4 Å². The first kappa shape index (κ1) is 22.3. The summed E-state index contributed by atoms with van der Waals surface area (Å²) < 4.78 is 10.7. The molecule has 0 heterocycles. The van der Waals surface area contributed by atoms with Crippen LogP contribution in [0, 0.1) is 0 Å². The molecule has 0 aliphatic carbocycles. The lowest BCUT2D eigenvalue weighted by molar-refractivity contribution is -0.121. The van der Waals surface area contributed by atoms with Crippen molar-refractivity contribution in [3.8, 4) is 11.5 Å². The van der Waals surface area contributed by atoms with Gasteiger partial charge in [-0.3, -0.25) is 4.79 Å². The van der Waals surface area contributed by atoms with E-state index < -0.39 is 6.10 Å². The average Bonchev–Trinajstić information content (AvgIpc) is 2.67. The van der Waals surface area contributed by atoms with E-state index in [1.165, 1.54) is 32.8 Å². The number of hydrogen-bond donors (Lipinski definition) is 3. The number of unbranched alkanes of at least 4 members (excludes halogenated alkanes) is 5. The molecule has 1 unspecified atom stereocenters. The molecule has 0 saturated heterocycles. The highest BCUT2D eigenvalue weighted by Gasteiger charge is 2.09. The quantitative estimate of drug-likeness (QED) is 0.440. The first-order chi connectivity index (χ1) is 12.6. The number of carbonyl (C=O) groups is 1. The van der Waals surface area contributed by atoms with Gasteiger partial charge in [-0.25, -0.2) is 0 Å². The van der Waals surface area contributed by atoms with E-state index in [2.05, 4.69) is 12.2 Å². The molecule has 0 fully saturated rings. The van der Waals surface area contributed by atoms with Gasteiger partial charge in [-0.15, -0.1) is 0 Å². The second-order valence-electron chi connectivity index (χ2n) is 6.43. The second kappa shape index (κ2) is 13.4. The molecule has 6 heteroatoms. The third-order valence-corrected chi connectivity index (χ3v) is 4.12. The van der Waals surface area contributed by atoms with Crippen LogP contribution in [0.2, 0.25) is 0 Å². The summed E-state index contributed by atoms with van der Waals surface area (Å²) in [4.78, 5) is 11.9. The van der Waals surface area contributed by atoms with E-state index in [9.17, 15) is 9.90 Å². The summed E-state index contributed by atoms with van der Waals surface area (Å²) in [6.45, 7) is 2.26. The van der Waals surface area contributed by atoms with Gasteiger partial charge in [-0.1, -0.05) is 45.1 Å². The molecule has 0 bridgehead atoms. The van der Waals surface area contributed by atoms with Crippen molar-refractivity contribution >= 4 is 5.91 Å². The summed E-state index contributed by atoms with van der Waals surface area (Å²) in [7, 11) is 1.53. The number of aliphatic hydroxyl groups is 2. The minimum Gasteiger partial charge on any atom is -0.493 e. The number of aliphatic hydroxyl groups excluding tert-OH is 2. The fraction of sp³-hybridized carbons (Fsp3) is 0.650. The van der Waals surface area contributed by atoms with Gasteiger partial charge in [0, 0.05) is 13.0 Å². The van der Waals surface area contributed by atoms with Gasteiger partial charge < -0.3 is 25.0 Å². The summed E-state index contributed by atoms with van der Waals surface area (Å²) >= 11 is 0. The third-order valence-electron chi connectivity index (χ3n) is 4.12. The lowest BCUT2D eigenvalue weighted by Crippen LogP contribution is -2.22. The van der Waals surface area contributed by atoms with Gasteiger partial charge in [-0.2, -0.15) is 0 Å². The molecule has 0 aromatic heterocycles. The first-order valence-corrected chi connectivity index (χ1v) is 9.46. The summed E-state index contributed by atoms with van der Waals surface area (Å²) in [5.74, 6) is 1.07. The predicted molar refractivity (Wildman–Crippen MR) is 101 cm³/mol. The van der Waals surface area contributed by atoms with Crippen molar-refractivity contribution in [2.75, 3.05) is 20.3 Å². The van der Waals surface area contributed by atoms with Gasteiger partial charge in [0.05, 0.1) is 13.7 Å². The van der Waals surface area contributed by atoms with Gasteiger partial charge in [-0.05, 0) is 24.1 Å². The molecule has 1 atom stereocenters. The van der Waals surface area contributed by atoms with E-state index in [1.54, 1.807) is 12.1 Å². The molecule has 1 rings (SSSR count). The van der Waals surface area contributed by atoms with Gasteiger partial charge in [0.2, 0.25) is 5.91 Å². The highest BCUT2D eigenvalue weighted by atomic mass is 16.5. The van der Waals surface area contributed by atoms with Crippen molar-refractivity contribution in [2.45, 2.75) is 64.5 Å². The lowest BCUT2D eigenvalue weighted by Gasteiger charge is -2.14. The summed E-state index contributed by atoms with van der Waals surface area (Å²) in [5, 5.41) is 21.1. The van der Waals surface area contributed by atoms with Gasteiger partial charge in [0.25, 0.3) is 0 Å². The van der Waals surface area contributed by atoms with Crippen LogP contribution in [-0.2, 0) is 11.3 Å². The Morgan fingerprint density at radius 1 is 1.15 bits per heavy atom. The first-order valence-electron chi connectivity index (χ1n) is 9.46. The fourth-order valence-corrected chi connectivity index (χ4v) is 2.53. The van der Waals surface area contributed by atoms with Crippen molar-refractivity contribution in [1.82, 2.24) is 5.32 Å². The maximum absolute atomic E-state index is 11.9. The van der Waals surface area contributed by atoms with Gasteiger partial charge in [0.1, 0.15) is 12.7 Å². The lowest BCUT2D eigenvalue weighted by atomic mass is 10.1. The number of ether oxygens (including phenoxy) is 2. The summed E-state index contributed by atoms with van der Waals surface area (Å²) in [5.41, 5.74) is 0.910. The number of benzene rings is 1. The average molecular weight is 367 g/mol. The van der Waals surface area contributed by atoms with Gasteiger partial charge in [0.15, 0.2) is 11.5 Å². The summed E-state index contributed by atoms with van der Waals surface area (Å²) in [6.07, 6.45) is 6.62. The molecular formula is C20H33NO5. The molecule has 148 valence electrons. The maximum atomic E-state index is 11.9. The van der Waals surface area contributed by atoms with Gasteiger partial charge >= 0.3 is 0 Å². The number of rotatable bonds is 14. The standard InChI is InChI=1S/C20H33NO5/c1-3-4-5-6-7-8-9-20(24)21-13-16-10-11-18(19(12-16)25-2)26-15-17(23)14-22/h10-12,17,22-23H,3-9,13-15H2,1-2H3,(H,21,24). The zero-order valence-corrected chi connectivity index (χ0v) is 16.0. The highest BCUT2D eigenvalue weighted by molar-refractivity contribution is 5.75. The van der Waals surface area contributed by atoms with Crippen LogP contribution < -0.4 is 14.8 Å². The minimum atomic E-state index is -0.930. The Morgan fingerprint density at radius 2 is 1.88 bits per heavy atom. The van der Waals surface area contributed by atoms with Crippen molar-refractivity contribution in [2.24, 2.45) is 0 Å². The van der Waals surface area contributed by atoms with Crippen molar-refractivity contribution in [3.63, 3.8) is 0 Å². The fourth-order valence-electron chi connectivity index (χ4n) is 2.53. The molecule has 3 N–H and O–H groups in total. The van der Waals surface area contributed by atoms with E-state index >= 15 is 0 Å². The van der Waals surface area contributed by atoms with Crippen LogP contribution in [-0.4, -0.2) is 42.5 Å². The Hall–Kier alpha value is -1.79. The molecule has 0 spiro atoms. The Labute approximate surface area is 156 Å². The van der Waals surface area contributed by atoms with Crippen LogP contribution in [0.1, 0.15) is 57.4 Å². The van der Waals surface area contributed by atoms with E-state index in [-0.39, 0.29) is 19.1 Å². The summed E-state index contributed by atoms with van der Waals surface area (Å²) in [6, 6.07) is 5.37. The molecule has 1 aromatic rings. The molecule has 0 aliphatic heterocycles. The molecular weight excluding hydrogens is 334 g/mol. The SMILES string of the molecule is CCCCCCCCC(=O)NCc1ccc(OCC(O)CO)c(OC)c1. The Balaban J connectivity index is 2.36. The van der Waals surface area contributed by atoms with Crippen LogP contribution in [0.25, 0.3) is 0 Å². The number of methoxy groups -OCH3 is 1. The largest absolute Gasteiger partial charge is 0.493 e. The van der Waals surface area contributed by atoms with Crippen LogP contribution in [0.4, 0.5) is 0 Å². The van der Waals surface area contributed by atoms with E-state index in [4.69, 9.17) is 14.6 Å².